The Balaban J connectivity index is 1.44. The monoisotopic (exact) mass is 380 g/mol. The fourth-order valence-electron chi connectivity index (χ4n) is 3.97. The van der Waals surface area contributed by atoms with Gasteiger partial charge >= 0.3 is 0 Å². The van der Waals surface area contributed by atoms with E-state index in [1.807, 2.05) is 6.92 Å². The number of rotatable bonds is 6. The summed E-state index contributed by atoms with van der Waals surface area (Å²) < 4.78 is 1.18. The van der Waals surface area contributed by atoms with Crippen LogP contribution in [-0.4, -0.2) is 42.3 Å². The lowest BCUT2D eigenvalue weighted by molar-refractivity contribution is 0.0696. The van der Waals surface area contributed by atoms with E-state index in [9.17, 15) is 5.11 Å². The van der Waals surface area contributed by atoms with E-state index in [0.717, 1.165) is 24.8 Å². The van der Waals surface area contributed by atoms with Crippen LogP contribution in [0.4, 0.5) is 0 Å². The second-order valence-electron chi connectivity index (χ2n) is 7.47. The summed E-state index contributed by atoms with van der Waals surface area (Å²) in [6, 6.07) is 6.52. The third-order valence-electron chi connectivity index (χ3n) is 5.20. The minimum absolute atomic E-state index is 0.279. The van der Waals surface area contributed by atoms with Crippen molar-refractivity contribution in [3.63, 3.8) is 0 Å². The Morgan fingerprint density at radius 3 is 2.65 bits per heavy atom. The second-order valence-corrected chi connectivity index (χ2v) is 8.32. The van der Waals surface area contributed by atoms with Crippen LogP contribution in [0.2, 0.25) is 0 Å². The number of benzene rings is 1. The zero-order valence-corrected chi connectivity index (χ0v) is 15.7. The van der Waals surface area contributed by atoms with Crippen molar-refractivity contribution in [2.75, 3.05) is 26.2 Å². The first kappa shape index (κ1) is 17.4. The van der Waals surface area contributed by atoms with Crippen molar-refractivity contribution < 1.29 is 5.11 Å². The Morgan fingerprint density at radius 1 is 1.26 bits per heavy atom. The molecule has 2 saturated heterocycles. The van der Waals surface area contributed by atoms with Gasteiger partial charge in [-0.3, -0.25) is 4.90 Å². The average molecular weight is 381 g/mol. The van der Waals surface area contributed by atoms with Crippen LogP contribution >= 0.6 is 15.9 Å². The normalized spacial score (nSPS) is 22.0. The fourth-order valence-corrected chi connectivity index (χ4v) is 4.52. The highest BCUT2D eigenvalue weighted by molar-refractivity contribution is 9.10. The number of hydrogen-bond acceptors (Lipinski definition) is 3. The quantitative estimate of drug-likeness (QED) is 0.795. The molecule has 3 nitrogen and oxygen atoms in total. The molecule has 0 saturated carbocycles. The van der Waals surface area contributed by atoms with Crippen LogP contribution in [0, 0.1) is 11.8 Å². The number of halogens is 1. The summed E-state index contributed by atoms with van der Waals surface area (Å²) in [5.41, 5.74) is 2.56. The topological polar surface area (TPSA) is 35.5 Å². The van der Waals surface area contributed by atoms with Gasteiger partial charge in [-0.1, -0.05) is 28.1 Å². The summed E-state index contributed by atoms with van der Waals surface area (Å²) in [7, 11) is 0. The number of aliphatic hydroxyl groups excluding tert-OH is 1. The van der Waals surface area contributed by atoms with E-state index in [0.29, 0.717) is 0 Å². The minimum Gasteiger partial charge on any atom is -0.393 e. The maximum absolute atomic E-state index is 9.49. The summed E-state index contributed by atoms with van der Waals surface area (Å²) >= 11 is 3.70. The molecule has 0 spiro atoms. The molecule has 0 radical (unpaired) electrons. The molecule has 23 heavy (non-hydrogen) atoms. The highest BCUT2D eigenvalue weighted by Crippen LogP contribution is 2.30. The van der Waals surface area contributed by atoms with Gasteiger partial charge < -0.3 is 10.4 Å². The van der Waals surface area contributed by atoms with Crippen LogP contribution in [0.25, 0.3) is 0 Å². The molecule has 2 aliphatic heterocycles. The van der Waals surface area contributed by atoms with Crippen LogP contribution in [0.3, 0.4) is 0 Å². The maximum atomic E-state index is 9.49. The van der Waals surface area contributed by atoms with E-state index in [1.165, 1.54) is 61.0 Å². The zero-order chi connectivity index (χ0) is 16.2. The predicted octanol–water partition coefficient (Wildman–Crippen LogP) is 3.19. The third-order valence-corrected chi connectivity index (χ3v) is 5.94. The van der Waals surface area contributed by atoms with E-state index < -0.39 is 0 Å². The Kier molecular flexibility index (Phi) is 6.13. The highest BCUT2D eigenvalue weighted by Gasteiger charge is 2.29. The van der Waals surface area contributed by atoms with Crippen molar-refractivity contribution in [1.29, 1.82) is 0 Å². The first-order chi connectivity index (χ1) is 11.1. The van der Waals surface area contributed by atoms with E-state index >= 15 is 0 Å². The second kappa shape index (κ2) is 8.11. The Bertz CT molecular complexity index is 508. The van der Waals surface area contributed by atoms with Crippen molar-refractivity contribution in [2.24, 2.45) is 11.8 Å². The first-order valence-corrected chi connectivity index (χ1v) is 9.78. The van der Waals surface area contributed by atoms with Gasteiger partial charge in [0.05, 0.1) is 6.10 Å². The van der Waals surface area contributed by atoms with Crippen LogP contribution in [0.1, 0.15) is 37.3 Å². The van der Waals surface area contributed by atoms with Gasteiger partial charge in [-0.15, -0.1) is 0 Å². The predicted molar refractivity (Wildman–Crippen MR) is 98.5 cm³/mol. The molecule has 1 aromatic rings. The molecule has 2 N–H and O–H groups in total. The lowest BCUT2D eigenvalue weighted by Crippen LogP contribution is -2.47. The van der Waals surface area contributed by atoms with Gasteiger partial charge in [0.15, 0.2) is 0 Å². The van der Waals surface area contributed by atoms with Crippen molar-refractivity contribution in [2.45, 2.75) is 45.3 Å². The number of nitrogens with zero attached hydrogens (tertiary/aromatic N) is 1. The summed E-state index contributed by atoms with van der Waals surface area (Å²) in [5, 5.41) is 13.0. The van der Waals surface area contributed by atoms with Crippen molar-refractivity contribution in [3.8, 4) is 0 Å². The molecule has 1 aromatic carbocycles. The number of piperidine rings is 1. The molecule has 128 valence electrons. The molecular weight excluding hydrogens is 352 g/mol. The summed E-state index contributed by atoms with van der Waals surface area (Å²) in [6.07, 6.45) is 4.60. The molecule has 0 bridgehead atoms. The van der Waals surface area contributed by atoms with Crippen molar-refractivity contribution in [1.82, 2.24) is 10.2 Å². The molecule has 2 aliphatic rings. The maximum Gasteiger partial charge on any atom is 0.0552 e. The Morgan fingerprint density at radius 2 is 2.00 bits per heavy atom. The van der Waals surface area contributed by atoms with E-state index in [4.69, 9.17) is 0 Å². The van der Waals surface area contributed by atoms with E-state index in [2.05, 4.69) is 44.3 Å². The molecule has 0 aromatic heterocycles. The number of nitrogens with one attached hydrogen (secondary N) is 1. The SMILES string of the molecule is CC(O)Cc1ccc(CN2CC(CC3CCNCC3)C2)c(Br)c1. The first-order valence-electron chi connectivity index (χ1n) is 8.98. The van der Waals surface area contributed by atoms with Crippen LogP contribution in [0.5, 0.6) is 0 Å². The zero-order valence-electron chi connectivity index (χ0n) is 14.1. The van der Waals surface area contributed by atoms with Crippen molar-refractivity contribution in [3.05, 3.63) is 33.8 Å². The summed E-state index contributed by atoms with van der Waals surface area (Å²) in [4.78, 5) is 2.56. The molecule has 0 amide bonds. The van der Waals surface area contributed by atoms with E-state index in [-0.39, 0.29) is 6.10 Å². The standard InChI is InChI=1S/C19H29BrN2O/c1-14(23)8-16-2-3-18(19(20)10-16)13-22-11-17(12-22)9-15-4-6-21-7-5-15/h2-3,10,14-15,17,21,23H,4-9,11-13H2,1H3. The van der Waals surface area contributed by atoms with Crippen LogP contribution < -0.4 is 5.32 Å². The van der Waals surface area contributed by atoms with Crippen LogP contribution in [0.15, 0.2) is 22.7 Å². The molecule has 4 heteroatoms. The van der Waals surface area contributed by atoms with Crippen LogP contribution in [-0.2, 0) is 13.0 Å². The van der Waals surface area contributed by atoms with Gasteiger partial charge in [0.1, 0.15) is 0 Å². The van der Waals surface area contributed by atoms with Gasteiger partial charge in [0.2, 0.25) is 0 Å². The van der Waals surface area contributed by atoms with E-state index in [1.54, 1.807) is 0 Å². The molecular formula is C19H29BrN2O. The van der Waals surface area contributed by atoms with Crippen molar-refractivity contribution >= 4 is 15.9 Å². The minimum atomic E-state index is -0.279. The summed E-state index contributed by atoms with van der Waals surface area (Å²) in [5.74, 6) is 1.86. The molecule has 2 fully saturated rings. The third kappa shape index (κ3) is 5.02. The summed E-state index contributed by atoms with van der Waals surface area (Å²) in [6.45, 7) is 7.82. The van der Waals surface area contributed by atoms with Gasteiger partial charge in [-0.2, -0.15) is 0 Å². The smallest absolute Gasteiger partial charge is 0.0552 e. The van der Waals surface area contributed by atoms with Gasteiger partial charge in [0.25, 0.3) is 0 Å². The van der Waals surface area contributed by atoms with Gasteiger partial charge in [0, 0.05) is 24.1 Å². The average Bonchev–Trinajstić information content (AvgIpc) is 2.48. The largest absolute Gasteiger partial charge is 0.393 e. The number of likely N-dealkylation sites (tertiary alicyclic amines) is 1. The highest BCUT2D eigenvalue weighted by atomic mass is 79.9. The molecule has 1 unspecified atom stereocenters. The Labute approximate surface area is 148 Å². The number of aliphatic hydroxyl groups is 1. The molecule has 0 aliphatic carbocycles. The van der Waals surface area contributed by atoms with Gasteiger partial charge in [-0.05, 0) is 74.7 Å². The fraction of sp³-hybridized carbons (Fsp3) is 0.684. The molecule has 1 atom stereocenters. The lowest BCUT2D eigenvalue weighted by atomic mass is 9.84. The number of hydrogen-bond donors (Lipinski definition) is 2. The molecule has 3 rings (SSSR count). The molecule has 2 heterocycles. The Hall–Kier alpha value is -0.420. The van der Waals surface area contributed by atoms with Gasteiger partial charge in [-0.25, -0.2) is 0 Å². The lowest BCUT2D eigenvalue weighted by Gasteiger charge is -2.41.